The van der Waals surface area contributed by atoms with Gasteiger partial charge in [0, 0.05) is 12.1 Å². The van der Waals surface area contributed by atoms with Crippen LogP contribution in [0.2, 0.25) is 0 Å². The molecule has 0 amide bonds. The van der Waals surface area contributed by atoms with Crippen molar-refractivity contribution in [3.05, 3.63) is 35.4 Å². The van der Waals surface area contributed by atoms with Crippen LogP contribution in [-0.2, 0) is 22.3 Å². The summed E-state index contributed by atoms with van der Waals surface area (Å²) in [5.41, 5.74) is 6.83. The van der Waals surface area contributed by atoms with Gasteiger partial charge in [0.05, 0.1) is 5.75 Å². The van der Waals surface area contributed by atoms with E-state index in [0.717, 1.165) is 17.5 Å². The molecule has 1 aromatic rings. The van der Waals surface area contributed by atoms with Gasteiger partial charge in [-0.05, 0) is 31.4 Å². The van der Waals surface area contributed by atoms with E-state index in [2.05, 4.69) is 4.72 Å². The highest BCUT2D eigenvalue weighted by Crippen LogP contribution is 2.13. The quantitative estimate of drug-likeness (QED) is 0.827. The fraction of sp³-hybridized carbons (Fsp3) is 0.538. The molecule has 1 aromatic carbocycles. The molecule has 0 aliphatic carbocycles. The molecule has 0 unspecified atom stereocenters. The lowest BCUT2D eigenvalue weighted by atomic mass is 10.0. The lowest BCUT2D eigenvalue weighted by molar-refractivity contribution is 0.439. The first-order chi connectivity index (χ1) is 8.28. The maximum atomic E-state index is 12.0. The van der Waals surface area contributed by atoms with Gasteiger partial charge in [0.15, 0.2) is 0 Å². The molecule has 0 heterocycles. The molecule has 0 atom stereocenters. The maximum absolute atomic E-state index is 12.0. The molecule has 0 radical (unpaired) electrons. The molecule has 0 bridgehead atoms. The van der Waals surface area contributed by atoms with Crippen molar-refractivity contribution in [2.45, 2.75) is 45.0 Å². The Labute approximate surface area is 110 Å². The average molecular weight is 270 g/mol. The van der Waals surface area contributed by atoms with E-state index >= 15 is 0 Å². The van der Waals surface area contributed by atoms with E-state index in [4.69, 9.17) is 5.73 Å². The number of sulfonamides is 1. The Morgan fingerprint density at radius 3 is 2.44 bits per heavy atom. The van der Waals surface area contributed by atoms with Gasteiger partial charge in [0.1, 0.15) is 0 Å². The molecule has 0 aromatic heterocycles. The molecule has 5 heteroatoms. The third-order valence-electron chi connectivity index (χ3n) is 2.90. The second kappa shape index (κ2) is 5.82. The number of hydrogen-bond donors (Lipinski definition) is 2. The van der Waals surface area contributed by atoms with Crippen molar-refractivity contribution in [2.75, 3.05) is 0 Å². The van der Waals surface area contributed by atoms with Gasteiger partial charge >= 0.3 is 0 Å². The molecular formula is C13H22N2O2S. The average Bonchev–Trinajstić information content (AvgIpc) is 2.27. The predicted octanol–water partition coefficient (Wildman–Crippen LogP) is 1.75. The molecule has 0 aliphatic heterocycles. The van der Waals surface area contributed by atoms with Gasteiger partial charge in [-0.15, -0.1) is 0 Å². The van der Waals surface area contributed by atoms with Gasteiger partial charge in [-0.2, -0.15) is 0 Å². The Balaban J connectivity index is 2.82. The van der Waals surface area contributed by atoms with Crippen molar-refractivity contribution in [3.8, 4) is 0 Å². The fourth-order valence-corrected chi connectivity index (χ4v) is 3.27. The summed E-state index contributed by atoms with van der Waals surface area (Å²) in [6, 6.07) is 7.35. The number of nitrogens with one attached hydrogen (secondary N) is 1. The minimum absolute atomic E-state index is 0.00965. The topological polar surface area (TPSA) is 72.2 Å². The van der Waals surface area contributed by atoms with Crippen LogP contribution < -0.4 is 10.5 Å². The molecular weight excluding hydrogens is 248 g/mol. The summed E-state index contributed by atoms with van der Waals surface area (Å²) in [4.78, 5) is 0. The first-order valence-electron chi connectivity index (χ1n) is 6.07. The number of benzene rings is 1. The van der Waals surface area contributed by atoms with Crippen LogP contribution in [-0.4, -0.2) is 14.0 Å². The van der Waals surface area contributed by atoms with Crippen LogP contribution in [0.15, 0.2) is 24.3 Å². The zero-order valence-corrected chi connectivity index (χ0v) is 12.0. The number of nitrogens with two attached hydrogens (primary N) is 1. The van der Waals surface area contributed by atoms with Crippen molar-refractivity contribution in [1.82, 2.24) is 4.72 Å². The van der Waals surface area contributed by atoms with E-state index < -0.39 is 15.6 Å². The molecule has 0 saturated carbocycles. The van der Waals surface area contributed by atoms with E-state index in [0.29, 0.717) is 6.54 Å². The van der Waals surface area contributed by atoms with Crippen LogP contribution in [0.25, 0.3) is 0 Å². The zero-order valence-electron chi connectivity index (χ0n) is 11.2. The second-order valence-electron chi connectivity index (χ2n) is 5.12. The second-order valence-corrected chi connectivity index (χ2v) is 6.84. The molecule has 3 N–H and O–H groups in total. The molecule has 18 heavy (non-hydrogen) atoms. The zero-order chi connectivity index (χ0) is 13.8. The minimum atomic E-state index is -3.32. The van der Waals surface area contributed by atoms with Gasteiger partial charge in [-0.3, -0.25) is 0 Å². The van der Waals surface area contributed by atoms with Gasteiger partial charge in [-0.25, -0.2) is 13.1 Å². The summed E-state index contributed by atoms with van der Waals surface area (Å²) in [5.74, 6) is -0.00965. The molecule has 0 fully saturated rings. The van der Waals surface area contributed by atoms with Gasteiger partial charge in [0.2, 0.25) is 10.0 Å². The van der Waals surface area contributed by atoms with Crippen molar-refractivity contribution in [2.24, 2.45) is 5.73 Å². The third-order valence-corrected chi connectivity index (χ3v) is 4.48. The fourth-order valence-electron chi connectivity index (χ4n) is 1.60. The summed E-state index contributed by atoms with van der Waals surface area (Å²) in [7, 11) is -3.32. The molecule has 0 spiro atoms. The molecule has 102 valence electrons. The summed E-state index contributed by atoms with van der Waals surface area (Å²) >= 11 is 0. The highest BCUT2D eigenvalue weighted by atomic mass is 32.2. The van der Waals surface area contributed by atoms with Crippen LogP contribution in [0.5, 0.6) is 0 Å². The molecule has 4 nitrogen and oxygen atoms in total. The Bertz CT molecular complexity index is 495. The van der Waals surface area contributed by atoms with Gasteiger partial charge in [-0.1, -0.05) is 31.2 Å². The van der Waals surface area contributed by atoms with Crippen LogP contribution in [0.3, 0.4) is 0 Å². The van der Waals surface area contributed by atoms with Crippen LogP contribution >= 0.6 is 0 Å². The largest absolute Gasteiger partial charge is 0.326 e. The lowest BCUT2D eigenvalue weighted by Crippen LogP contribution is -2.43. The predicted molar refractivity (Wildman–Crippen MR) is 74.5 cm³/mol. The standard InChI is InChI=1S/C13H22N2O2S/c1-4-13(2,3)15-18(16,17)10-12-7-5-6-11(8-12)9-14/h5-8,15H,4,9-10,14H2,1-3H3. The Morgan fingerprint density at radius 1 is 1.28 bits per heavy atom. The SMILES string of the molecule is CCC(C)(C)NS(=O)(=O)Cc1cccc(CN)c1. The van der Waals surface area contributed by atoms with Crippen molar-refractivity contribution < 1.29 is 8.42 Å². The first kappa shape index (κ1) is 15.1. The highest BCUT2D eigenvalue weighted by Gasteiger charge is 2.23. The van der Waals surface area contributed by atoms with E-state index in [1.165, 1.54) is 0 Å². The number of rotatable bonds is 6. The molecule has 0 aliphatic rings. The summed E-state index contributed by atoms with van der Waals surface area (Å²) in [6.45, 7) is 6.13. The maximum Gasteiger partial charge on any atom is 0.216 e. The van der Waals surface area contributed by atoms with E-state index in [1.54, 1.807) is 6.07 Å². The van der Waals surface area contributed by atoms with E-state index in [1.807, 2.05) is 39.0 Å². The minimum Gasteiger partial charge on any atom is -0.326 e. The van der Waals surface area contributed by atoms with Crippen LogP contribution in [0.1, 0.15) is 38.3 Å². The van der Waals surface area contributed by atoms with Gasteiger partial charge in [0.25, 0.3) is 0 Å². The van der Waals surface area contributed by atoms with Crippen molar-refractivity contribution in [1.29, 1.82) is 0 Å². The summed E-state index contributed by atoms with van der Waals surface area (Å²) in [5, 5.41) is 0. The molecule has 0 saturated heterocycles. The molecule has 1 rings (SSSR count). The van der Waals surface area contributed by atoms with Crippen LogP contribution in [0.4, 0.5) is 0 Å². The summed E-state index contributed by atoms with van der Waals surface area (Å²) < 4.78 is 26.8. The van der Waals surface area contributed by atoms with Crippen molar-refractivity contribution in [3.63, 3.8) is 0 Å². The smallest absolute Gasteiger partial charge is 0.216 e. The van der Waals surface area contributed by atoms with Crippen molar-refractivity contribution >= 4 is 10.0 Å². The monoisotopic (exact) mass is 270 g/mol. The Hall–Kier alpha value is -0.910. The third kappa shape index (κ3) is 4.76. The first-order valence-corrected chi connectivity index (χ1v) is 7.73. The number of hydrogen-bond acceptors (Lipinski definition) is 3. The lowest BCUT2D eigenvalue weighted by Gasteiger charge is -2.24. The van der Waals surface area contributed by atoms with Crippen LogP contribution in [0, 0.1) is 0 Å². The van der Waals surface area contributed by atoms with Gasteiger partial charge < -0.3 is 5.73 Å². The van der Waals surface area contributed by atoms with E-state index in [9.17, 15) is 8.42 Å². The Kier molecular flexibility index (Phi) is 4.90. The van der Waals surface area contributed by atoms with E-state index in [-0.39, 0.29) is 5.75 Å². The highest BCUT2D eigenvalue weighted by molar-refractivity contribution is 7.88. The summed E-state index contributed by atoms with van der Waals surface area (Å²) in [6.07, 6.45) is 0.745. The Morgan fingerprint density at radius 2 is 1.89 bits per heavy atom. The normalized spacial score (nSPS) is 12.7.